The molecule has 6 heteroatoms. The van der Waals surface area contributed by atoms with Crippen LogP contribution in [0.5, 0.6) is 0 Å². The maximum atomic E-state index is 12.7. The summed E-state index contributed by atoms with van der Waals surface area (Å²) in [7, 11) is 0. The van der Waals surface area contributed by atoms with Gasteiger partial charge in [-0.05, 0) is 88.9 Å². The van der Waals surface area contributed by atoms with Gasteiger partial charge in [0.2, 0.25) is 0 Å². The van der Waals surface area contributed by atoms with E-state index in [0.717, 1.165) is 32.9 Å². The molecular weight excluding hydrogens is 882 g/mol. The number of rotatable bonds is 3. The predicted molar refractivity (Wildman–Crippen MR) is 228 cm³/mol. The number of aromatic nitrogens is 3. The molecule has 0 saturated carbocycles. The van der Waals surface area contributed by atoms with Crippen LogP contribution in [0.25, 0.3) is 93.5 Å². The minimum absolute atomic E-state index is 0. The van der Waals surface area contributed by atoms with Crippen LogP contribution in [0.15, 0.2) is 156 Å². The molecule has 0 fully saturated rings. The molecule has 11 aromatic rings. The molecule has 0 amide bonds. The van der Waals surface area contributed by atoms with Crippen molar-refractivity contribution in [2.24, 2.45) is 0 Å². The van der Waals surface area contributed by atoms with Crippen LogP contribution >= 0.6 is 0 Å². The van der Waals surface area contributed by atoms with Crippen molar-refractivity contribution in [3.63, 3.8) is 0 Å². The molecule has 4 heterocycles. The summed E-state index contributed by atoms with van der Waals surface area (Å²) in [5.74, 6) is -0.368. The smallest absolute Gasteiger partial charge is 0.123 e. The Hall–Kier alpha value is -6.46. The Labute approximate surface area is 355 Å². The maximum Gasteiger partial charge on any atom is 0.123 e. The Morgan fingerprint density at radius 3 is 2.25 bits per heavy atom. The third-order valence-corrected chi connectivity index (χ3v) is 10.1. The van der Waals surface area contributed by atoms with Gasteiger partial charge in [0.1, 0.15) is 5.58 Å². The van der Waals surface area contributed by atoms with E-state index in [2.05, 4.69) is 88.4 Å². The van der Waals surface area contributed by atoms with Crippen molar-refractivity contribution >= 4 is 65.3 Å². The molecule has 11 rings (SSSR count). The normalized spacial score (nSPS) is 14.4. The molecular formula is C51H34FIrN3O-2. The van der Waals surface area contributed by atoms with Gasteiger partial charge in [-0.2, -0.15) is 0 Å². The second-order valence-corrected chi connectivity index (χ2v) is 13.6. The third kappa shape index (κ3) is 6.37. The van der Waals surface area contributed by atoms with Gasteiger partial charge < -0.3 is 19.0 Å². The Bertz CT molecular complexity index is 3640. The second kappa shape index (κ2) is 14.6. The fourth-order valence-electron chi connectivity index (χ4n) is 7.57. The topological polar surface area (TPSA) is 43.9 Å². The van der Waals surface area contributed by atoms with Crippen LogP contribution in [0.2, 0.25) is 0 Å². The quantitative estimate of drug-likeness (QED) is 0.131. The molecule has 4 nitrogen and oxygen atoms in total. The van der Waals surface area contributed by atoms with Gasteiger partial charge in [-0.25, -0.2) is 0 Å². The second-order valence-electron chi connectivity index (χ2n) is 13.6. The van der Waals surface area contributed by atoms with Crippen LogP contribution in [0, 0.1) is 38.5 Å². The molecule has 277 valence electrons. The first-order valence-electron chi connectivity index (χ1n) is 22.4. The predicted octanol–water partition coefficient (Wildman–Crippen LogP) is 13.5. The molecule has 7 aromatic carbocycles. The largest absolute Gasteiger partial charge is 0.500 e. The van der Waals surface area contributed by atoms with E-state index in [1.54, 1.807) is 24.3 Å². The zero-order chi connectivity index (χ0) is 45.4. The van der Waals surface area contributed by atoms with Crippen LogP contribution in [-0.4, -0.2) is 14.5 Å². The van der Waals surface area contributed by atoms with Crippen molar-refractivity contribution < 1.29 is 41.2 Å². The Kier molecular flexibility index (Phi) is 6.94. The van der Waals surface area contributed by atoms with Crippen molar-refractivity contribution in [2.75, 3.05) is 0 Å². The van der Waals surface area contributed by atoms with Crippen molar-refractivity contribution in [2.45, 2.75) is 20.6 Å². The molecule has 0 bridgehead atoms. The van der Waals surface area contributed by atoms with Crippen LogP contribution in [0.3, 0.4) is 0 Å². The minimum Gasteiger partial charge on any atom is -0.500 e. The van der Waals surface area contributed by atoms with E-state index in [-0.39, 0.29) is 48.2 Å². The van der Waals surface area contributed by atoms with Gasteiger partial charge in [-0.15, -0.1) is 48.0 Å². The summed E-state index contributed by atoms with van der Waals surface area (Å²) in [6.45, 7) is -7.23. The molecule has 4 aromatic heterocycles. The Morgan fingerprint density at radius 1 is 0.596 bits per heavy atom. The number of nitrogens with zero attached hydrogens (tertiary/aromatic N) is 3. The number of para-hydroxylation sites is 1. The van der Waals surface area contributed by atoms with E-state index in [4.69, 9.17) is 21.7 Å². The molecule has 0 aliphatic heterocycles. The number of hydrogen-bond donors (Lipinski definition) is 0. The van der Waals surface area contributed by atoms with Gasteiger partial charge >= 0.3 is 0 Å². The average Bonchev–Trinajstić information content (AvgIpc) is 3.84. The van der Waals surface area contributed by atoms with E-state index in [9.17, 15) is 4.39 Å². The number of aryl methyl sites for hydroxylation is 3. The molecule has 0 N–H and O–H groups in total. The summed E-state index contributed by atoms with van der Waals surface area (Å²) in [5, 5.41) is 7.79. The summed E-state index contributed by atoms with van der Waals surface area (Å²) in [4.78, 5) is 8.89. The monoisotopic (exact) mass is 925 g/mol. The molecule has 0 unspecified atom stereocenters. The summed E-state index contributed by atoms with van der Waals surface area (Å²) in [6, 6.07) is 48.9. The molecule has 57 heavy (non-hydrogen) atoms. The third-order valence-electron chi connectivity index (χ3n) is 10.1. The van der Waals surface area contributed by atoms with Gasteiger partial charge in [0.05, 0.1) is 11.1 Å². The standard InChI is InChI=1S/C39H25N2O.C12H9FN.Ir/c1-23-18-24(2)38-33(19-23)31-11-7-12-32(39(31)42-38)35-21-37-34(22-40-35)30-10-5-6-13-36(30)41(37)27-16-17-29-26(20-27)15-14-25-8-3-4-9-28(25)29;1-9-2-7-12(14-8-9)10-3-5-11(13)6-4-10;/h3-11,13-22H,1-2H3;2-3,5-8H,1H3;/q2*-1;/i1D3,2D3;1D3;. The Balaban J connectivity index is 0.000000257. The maximum absolute atomic E-state index is 12.7. The fraction of sp³-hybridized carbons (Fsp3) is 0.0588. The molecule has 0 atom stereocenters. The van der Waals surface area contributed by atoms with E-state index >= 15 is 0 Å². The van der Waals surface area contributed by atoms with Crippen LogP contribution in [0.1, 0.15) is 29.0 Å². The SMILES string of the molecule is [2H]C([2H])([2H])c1cc(C([2H])([2H])[2H])c2oc3c(-c4cc5c(cn4)c4ccccc4n5-c4ccc5c(ccc6ccccc65)c4)[c-]ccc3c2c1.[2H]C([2H])([2H])c1ccc(-c2[c-]cc(F)cc2)nc1.[Ir]. The van der Waals surface area contributed by atoms with E-state index in [1.165, 1.54) is 52.7 Å². The van der Waals surface area contributed by atoms with Crippen molar-refractivity contribution in [1.29, 1.82) is 0 Å². The van der Waals surface area contributed by atoms with Crippen molar-refractivity contribution in [3.05, 3.63) is 187 Å². The van der Waals surface area contributed by atoms with Crippen molar-refractivity contribution in [1.82, 2.24) is 14.5 Å². The fourth-order valence-corrected chi connectivity index (χ4v) is 7.57. The van der Waals surface area contributed by atoms with Gasteiger partial charge in [-0.3, -0.25) is 4.39 Å². The number of halogens is 1. The Morgan fingerprint density at radius 2 is 1.42 bits per heavy atom. The minimum atomic E-state index is -2.58. The van der Waals surface area contributed by atoms with Crippen LogP contribution in [0.4, 0.5) is 4.39 Å². The first kappa shape index (κ1) is 27.2. The van der Waals surface area contributed by atoms with Gasteiger partial charge in [-0.1, -0.05) is 101 Å². The van der Waals surface area contributed by atoms with Gasteiger partial charge in [0, 0.05) is 78.0 Å². The average molecular weight is 925 g/mol. The van der Waals surface area contributed by atoms with Crippen LogP contribution < -0.4 is 0 Å². The van der Waals surface area contributed by atoms with E-state index in [0.29, 0.717) is 38.9 Å². The van der Waals surface area contributed by atoms with Crippen molar-refractivity contribution in [3.8, 4) is 28.2 Å². The van der Waals surface area contributed by atoms with Gasteiger partial charge in [0.15, 0.2) is 0 Å². The zero-order valence-electron chi connectivity index (χ0n) is 38.9. The number of pyridine rings is 2. The zero-order valence-corrected chi connectivity index (χ0v) is 32.3. The van der Waals surface area contributed by atoms with E-state index < -0.39 is 20.6 Å². The first-order chi connectivity index (χ1) is 31.0. The summed E-state index contributed by atoms with van der Waals surface area (Å²) < 4.78 is 91.3. The molecule has 0 aliphatic carbocycles. The number of furan rings is 1. The number of fused-ring (bicyclic) bond motifs is 9. The summed E-state index contributed by atoms with van der Waals surface area (Å²) in [6.07, 6.45) is 3.16. The van der Waals surface area contributed by atoms with Gasteiger partial charge in [0.25, 0.3) is 0 Å². The molecule has 1 radical (unpaired) electrons. The summed E-state index contributed by atoms with van der Waals surface area (Å²) >= 11 is 0. The van der Waals surface area contributed by atoms with Crippen LogP contribution in [-0.2, 0) is 20.1 Å². The molecule has 0 spiro atoms. The number of hydrogen-bond acceptors (Lipinski definition) is 3. The summed E-state index contributed by atoms with van der Waals surface area (Å²) in [5.41, 5.74) is 5.86. The van der Waals surface area contributed by atoms with E-state index in [1.807, 2.05) is 24.4 Å². The molecule has 0 saturated heterocycles. The first-order valence-corrected chi connectivity index (χ1v) is 17.9. The molecule has 0 aliphatic rings. The number of benzene rings is 7.